The van der Waals surface area contributed by atoms with Crippen molar-refractivity contribution in [3.8, 4) is 11.8 Å². The Kier molecular flexibility index (Phi) is 5.18. The van der Waals surface area contributed by atoms with E-state index in [4.69, 9.17) is 4.74 Å². The summed E-state index contributed by atoms with van der Waals surface area (Å²) in [5, 5.41) is 11.0. The summed E-state index contributed by atoms with van der Waals surface area (Å²) >= 11 is 1.31. The fourth-order valence-corrected chi connectivity index (χ4v) is 4.22. The van der Waals surface area contributed by atoms with Gasteiger partial charge in [0.25, 0.3) is 0 Å². The Morgan fingerprint density at radius 2 is 2.14 bits per heavy atom. The molecule has 0 bridgehead atoms. The van der Waals surface area contributed by atoms with E-state index in [1.165, 1.54) is 17.3 Å². The van der Waals surface area contributed by atoms with Gasteiger partial charge in [-0.3, -0.25) is 4.79 Å². The van der Waals surface area contributed by atoms with Gasteiger partial charge in [-0.25, -0.2) is 4.98 Å². The molecule has 3 aromatic rings. The van der Waals surface area contributed by atoms with Crippen molar-refractivity contribution >= 4 is 34.3 Å². The number of para-hydroxylation sites is 1. The lowest BCUT2D eigenvalue weighted by Crippen LogP contribution is -2.30. The Labute approximate surface area is 167 Å². The zero-order chi connectivity index (χ0) is 19.5. The number of hydrogen-bond donors (Lipinski definition) is 0. The predicted octanol–water partition coefficient (Wildman–Crippen LogP) is 4.19. The van der Waals surface area contributed by atoms with Crippen LogP contribution in [0.1, 0.15) is 18.1 Å². The predicted molar refractivity (Wildman–Crippen MR) is 111 cm³/mol. The normalized spacial score (nSPS) is 12.6. The minimum Gasteiger partial charge on any atom is -0.494 e. The molecule has 0 unspecified atom stereocenters. The van der Waals surface area contributed by atoms with Gasteiger partial charge in [0.1, 0.15) is 16.8 Å². The van der Waals surface area contributed by atoms with Crippen LogP contribution in [0.2, 0.25) is 0 Å². The molecule has 0 atom stereocenters. The maximum Gasteiger partial charge on any atom is 0.237 e. The molecular weight excluding hydrogens is 370 g/mol. The molecule has 28 heavy (non-hydrogen) atoms. The summed E-state index contributed by atoms with van der Waals surface area (Å²) in [6, 6.07) is 17.6. The number of amides is 1. The van der Waals surface area contributed by atoms with Crippen LogP contribution in [0.25, 0.3) is 10.9 Å². The Hall–Kier alpha value is -3.04. The first-order valence-corrected chi connectivity index (χ1v) is 10.2. The van der Waals surface area contributed by atoms with E-state index >= 15 is 0 Å². The molecule has 0 fully saturated rings. The van der Waals surface area contributed by atoms with E-state index in [1.54, 1.807) is 0 Å². The van der Waals surface area contributed by atoms with Crippen molar-refractivity contribution in [3.63, 3.8) is 0 Å². The van der Waals surface area contributed by atoms with Gasteiger partial charge in [-0.2, -0.15) is 5.26 Å². The smallest absolute Gasteiger partial charge is 0.237 e. The summed E-state index contributed by atoms with van der Waals surface area (Å²) in [7, 11) is 0. The third-order valence-corrected chi connectivity index (χ3v) is 5.68. The van der Waals surface area contributed by atoms with E-state index in [0.717, 1.165) is 28.8 Å². The summed E-state index contributed by atoms with van der Waals surface area (Å²) in [5.74, 6) is 1.02. The average Bonchev–Trinajstić information content (AvgIpc) is 3.16. The number of thioether (sulfide) groups is 1. The molecule has 1 aliphatic rings. The zero-order valence-corrected chi connectivity index (χ0v) is 16.3. The number of benzene rings is 2. The number of hydrogen-bond acceptors (Lipinski definition) is 5. The molecular formula is C22H19N3O2S. The molecule has 0 radical (unpaired) electrons. The molecule has 6 heteroatoms. The average molecular weight is 389 g/mol. The molecule has 0 spiro atoms. The van der Waals surface area contributed by atoms with Crippen LogP contribution >= 0.6 is 11.8 Å². The first-order valence-electron chi connectivity index (χ1n) is 9.18. The van der Waals surface area contributed by atoms with Crippen molar-refractivity contribution in [2.24, 2.45) is 0 Å². The van der Waals surface area contributed by atoms with Crippen molar-refractivity contribution in [1.82, 2.24) is 4.98 Å². The molecule has 1 amide bonds. The second-order valence-electron chi connectivity index (χ2n) is 6.45. The van der Waals surface area contributed by atoms with Crippen LogP contribution in [-0.2, 0) is 11.2 Å². The topological polar surface area (TPSA) is 66.2 Å². The molecule has 140 valence electrons. The molecule has 1 aromatic heterocycles. The minimum atomic E-state index is 0.0313. The summed E-state index contributed by atoms with van der Waals surface area (Å²) in [6.45, 7) is 3.21. The number of ether oxygens (including phenoxy) is 1. The highest BCUT2D eigenvalue weighted by Crippen LogP contribution is 2.30. The molecule has 4 rings (SSSR count). The van der Waals surface area contributed by atoms with Crippen LogP contribution in [0.4, 0.5) is 5.69 Å². The number of anilines is 1. The van der Waals surface area contributed by atoms with Gasteiger partial charge in [-0.15, -0.1) is 0 Å². The molecule has 0 saturated carbocycles. The van der Waals surface area contributed by atoms with Gasteiger partial charge in [-0.05, 0) is 43.2 Å². The Balaban J connectivity index is 1.55. The quantitative estimate of drug-likeness (QED) is 0.612. The van der Waals surface area contributed by atoms with Crippen LogP contribution in [0.15, 0.2) is 53.6 Å². The molecule has 0 aliphatic carbocycles. The fraction of sp³-hybridized carbons (Fsp3) is 0.227. The number of nitriles is 1. The first kappa shape index (κ1) is 18.3. The number of nitrogens with zero attached hydrogens (tertiary/aromatic N) is 3. The largest absolute Gasteiger partial charge is 0.494 e. The van der Waals surface area contributed by atoms with Gasteiger partial charge < -0.3 is 9.64 Å². The summed E-state index contributed by atoms with van der Waals surface area (Å²) in [4.78, 5) is 19.2. The van der Waals surface area contributed by atoms with Gasteiger partial charge in [-0.1, -0.05) is 30.0 Å². The number of carbonyl (C=O) groups excluding carboxylic acids is 1. The molecule has 2 aromatic carbocycles. The SMILES string of the molecule is CCOc1ccc2cc(C#N)c(SCC(=O)N3CCc4ccccc43)nc2c1. The molecule has 5 nitrogen and oxygen atoms in total. The van der Waals surface area contributed by atoms with Gasteiger partial charge in [0.05, 0.1) is 23.4 Å². The van der Waals surface area contributed by atoms with Crippen LogP contribution in [0.3, 0.4) is 0 Å². The Morgan fingerprint density at radius 3 is 2.96 bits per heavy atom. The molecule has 0 N–H and O–H groups in total. The van der Waals surface area contributed by atoms with Crippen LogP contribution in [0.5, 0.6) is 5.75 Å². The third kappa shape index (κ3) is 3.54. The summed E-state index contributed by atoms with van der Waals surface area (Å²) in [6.07, 6.45) is 0.879. The van der Waals surface area contributed by atoms with Crippen molar-refractivity contribution in [2.75, 3.05) is 23.8 Å². The van der Waals surface area contributed by atoms with Gasteiger partial charge in [0.15, 0.2) is 0 Å². The van der Waals surface area contributed by atoms with Gasteiger partial charge >= 0.3 is 0 Å². The summed E-state index contributed by atoms with van der Waals surface area (Å²) < 4.78 is 5.54. The Morgan fingerprint density at radius 1 is 1.29 bits per heavy atom. The van der Waals surface area contributed by atoms with Crippen LogP contribution in [0, 0.1) is 11.3 Å². The van der Waals surface area contributed by atoms with Crippen molar-refractivity contribution < 1.29 is 9.53 Å². The second-order valence-corrected chi connectivity index (χ2v) is 7.42. The minimum absolute atomic E-state index is 0.0313. The maximum atomic E-state index is 12.8. The highest BCUT2D eigenvalue weighted by atomic mass is 32.2. The van der Waals surface area contributed by atoms with Crippen molar-refractivity contribution in [3.05, 3.63) is 59.7 Å². The fourth-order valence-electron chi connectivity index (χ4n) is 3.38. The van der Waals surface area contributed by atoms with Crippen LogP contribution < -0.4 is 9.64 Å². The van der Waals surface area contributed by atoms with Crippen molar-refractivity contribution in [1.29, 1.82) is 5.26 Å². The van der Waals surface area contributed by atoms with E-state index in [1.807, 2.05) is 54.3 Å². The number of pyridine rings is 1. The number of carbonyl (C=O) groups is 1. The number of rotatable bonds is 5. The Bertz CT molecular complexity index is 1090. The van der Waals surface area contributed by atoms with E-state index < -0.39 is 0 Å². The maximum absolute atomic E-state index is 12.8. The lowest BCUT2D eigenvalue weighted by molar-refractivity contribution is -0.116. The lowest BCUT2D eigenvalue weighted by Gasteiger charge is -2.17. The van der Waals surface area contributed by atoms with E-state index in [0.29, 0.717) is 23.7 Å². The van der Waals surface area contributed by atoms with Crippen LogP contribution in [-0.4, -0.2) is 29.8 Å². The summed E-state index contributed by atoms with van der Waals surface area (Å²) in [5.41, 5.74) is 3.43. The van der Waals surface area contributed by atoms with Gasteiger partial charge in [0, 0.05) is 23.7 Å². The zero-order valence-electron chi connectivity index (χ0n) is 15.5. The molecule has 2 heterocycles. The van der Waals surface area contributed by atoms with E-state index in [-0.39, 0.29) is 11.7 Å². The number of aromatic nitrogens is 1. The number of fused-ring (bicyclic) bond motifs is 2. The standard InChI is InChI=1S/C22H19N3O2S/c1-2-27-18-8-7-16-11-17(13-23)22(24-19(16)12-18)28-14-21(26)25-10-9-15-5-3-4-6-20(15)25/h3-8,11-12H,2,9-10,14H2,1H3. The molecule has 0 saturated heterocycles. The second kappa shape index (κ2) is 7.91. The lowest BCUT2D eigenvalue weighted by atomic mass is 10.1. The highest BCUT2D eigenvalue weighted by Gasteiger charge is 2.24. The van der Waals surface area contributed by atoms with E-state index in [2.05, 4.69) is 17.1 Å². The third-order valence-electron chi connectivity index (χ3n) is 4.71. The monoisotopic (exact) mass is 389 g/mol. The van der Waals surface area contributed by atoms with E-state index in [9.17, 15) is 10.1 Å². The van der Waals surface area contributed by atoms with Gasteiger partial charge in [0.2, 0.25) is 5.91 Å². The molecule has 1 aliphatic heterocycles. The highest BCUT2D eigenvalue weighted by molar-refractivity contribution is 8.00. The first-order chi connectivity index (χ1) is 13.7. The van der Waals surface area contributed by atoms with Crippen molar-refractivity contribution in [2.45, 2.75) is 18.4 Å².